The van der Waals surface area contributed by atoms with E-state index in [-0.39, 0.29) is 0 Å². The molecule has 30 heavy (non-hydrogen) atoms. The van der Waals surface area contributed by atoms with Crippen LogP contribution in [0.2, 0.25) is 0 Å². The van der Waals surface area contributed by atoms with E-state index < -0.39 is 0 Å². The van der Waals surface area contributed by atoms with Crippen molar-refractivity contribution in [2.75, 3.05) is 45.9 Å². The summed E-state index contributed by atoms with van der Waals surface area (Å²) in [4.78, 5) is 6.70. The molecule has 0 radical (unpaired) electrons. The van der Waals surface area contributed by atoms with Gasteiger partial charge in [-0.3, -0.25) is 4.99 Å². The molecule has 3 rings (SSSR count). The Hall–Kier alpha value is -2.73. The lowest BCUT2D eigenvalue weighted by molar-refractivity contribution is 0.145. The van der Waals surface area contributed by atoms with Gasteiger partial charge in [0.05, 0.1) is 6.61 Å². The topological polar surface area (TPSA) is 58.1 Å². The van der Waals surface area contributed by atoms with Gasteiger partial charge in [0.15, 0.2) is 5.96 Å². The van der Waals surface area contributed by atoms with Gasteiger partial charge in [0, 0.05) is 52.1 Å². The normalized spacial score (nSPS) is 13.7. The number of nitrogens with one attached hydrogen (secondary N) is 2. The lowest BCUT2D eigenvalue weighted by Crippen LogP contribution is -2.36. The summed E-state index contributed by atoms with van der Waals surface area (Å²) in [6.07, 6.45) is 2.37. The third-order valence-electron chi connectivity index (χ3n) is 5.39. The summed E-state index contributed by atoms with van der Waals surface area (Å²) in [5, 5.41) is 6.82. The molecule has 0 aromatic heterocycles. The molecular formula is C24H34N4O2. The lowest BCUT2D eigenvalue weighted by Gasteiger charge is -2.28. The molecule has 1 aliphatic heterocycles. The summed E-state index contributed by atoms with van der Waals surface area (Å²) in [6.45, 7) is 5.68. The van der Waals surface area contributed by atoms with Gasteiger partial charge >= 0.3 is 0 Å². The minimum atomic E-state index is 0.535. The summed E-state index contributed by atoms with van der Waals surface area (Å²) in [5.74, 6) is 1.65. The number of rotatable bonds is 8. The smallest absolute Gasteiger partial charge is 0.191 e. The van der Waals surface area contributed by atoms with Crippen molar-refractivity contribution in [3.05, 3.63) is 58.7 Å². The molecule has 0 unspecified atom stereocenters. The van der Waals surface area contributed by atoms with Gasteiger partial charge in [0.2, 0.25) is 0 Å². The fraction of sp³-hybridized carbons (Fsp3) is 0.458. The highest BCUT2D eigenvalue weighted by atomic mass is 16.5. The molecule has 1 aliphatic rings. The molecule has 6 heteroatoms. The molecule has 162 valence electrons. The first-order chi connectivity index (χ1) is 14.6. The zero-order valence-corrected chi connectivity index (χ0v) is 18.6. The molecule has 2 aromatic rings. The lowest BCUT2D eigenvalue weighted by atomic mass is 9.99. The number of hydrogen-bond donors (Lipinski definition) is 2. The Labute approximate surface area is 180 Å². The maximum Gasteiger partial charge on any atom is 0.191 e. The number of hydrogen-bond acceptors (Lipinski definition) is 4. The van der Waals surface area contributed by atoms with Crippen LogP contribution in [0, 0.1) is 6.92 Å². The van der Waals surface area contributed by atoms with Crippen LogP contribution in [0.15, 0.2) is 41.4 Å². The number of aliphatic imine (C=N–C) groups is 1. The largest absolute Gasteiger partial charge is 0.491 e. The highest BCUT2D eigenvalue weighted by Crippen LogP contribution is 2.26. The second kappa shape index (κ2) is 10.9. The molecule has 0 spiro atoms. The third-order valence-corrected chi connectivity index (χ3v) is 5.39. The second-order valence-corrected chi connectivity index (χ2v) is 7.72. The zero-order valence-electron chi connectivity index (χ0n) is 18.6. The Morgan fingerprint density at radius 3 is 2.73 bits per heavy atom. The Balaban J connectivity index is 1.57. The number of anilines is 1. The van der Waals surface area contributed by atoms with Crippen molar-refractivity contribution in [2.24, 2.45) is 4.99 Å². The minimum Gasteiger partial charge on any atom is -0.491 e. The minimum absolute atomic E-state index is 0.535. The van der Waals surface area contributed by atoms with E-state index in [1.807, 2.05) is 0 Å². The average Bonchev–Trinajstić information content (AvgIpc) is 2.75. The van der Waals surface area contributed by atoms with Crippen LogP contribution in [0.1, 0.15) is 28.7 Å². The van der Waals surface area contributed by atoms with Gasteiger partial charge in [-0.25, -0.2) is 0 Å². The fourth-order valence-corrected chi connectivity index (χ4v) is 3.71. The molecule has 0 amide bonds. The highest BCUT2D eigenvalue weighted by Gasteiger charge is 2.13. The predicted octanol–water partition coefficient (Wildman–Crippen LogP) is 3.27. The summed E-state index contributed by atoms with van der Waals surface area (Å²) >= 11 is 0. The van der Waals surface area contributed by atoms with Crippen LogP contribution in [-0.2, 0) is 24.2 Å². The van der Waals surface area contributed by atoms with E-state index >= 15 is 0 Å². The average molecular weight is 411 g/mol. The SMILES string of the molecule is CN=C(NCc1ccc2c(c1)CCCN2C)NCc1ccc(C)cc1OCCOC. The Bertz CT molecular complexity index is 866. The fourth-order valence-electron chi connectivity index (χ4n) is 3.71. The number of guanidine groups is 1. The van der Waals surface area contributed by atoms with E-state index in [0.717, 1.165) is 36.8 Å². The van der Waals surface area contributed by atoms with Crippen LogP contribution in [0.5, 0.6) is 5.75 Å². The van der Waals surface area contributed by atoms with Crippen molar-refractivity contribution in [3.63, 3.8) is 0 Å². The van der Waals surface area contributed by atoms with Crippen LogP contribution < -0.4 is 20.3 Å². The third kappa shape index (κ3) is 5.89. The van der Waals surface area contributed by atoms with Crippen LogP contribution in [0.4, 0.5) is 5.69 Å². The van der Waals surface area contributed by atoms with E-state index in [1.165, 1.54) is 28.8 Å². The summed E-state index contributed by atoms with van der Waals surface area (Å²) in [6, 6.07) is 13.0. The Morgan fingerprint density at radius 2 is 1.93 bits per heavy atom. The first kappa shape index (κ1) is 22.0. The van der Waals surface area contributed by atoms with Crippen molar-refractivity contribution in [1.29, 1.82) is 0 Å². The van der Waals surface area contributed by atoms with Crippen LogP contribution in [0.3, 0.4) is 0 Å². The van der Waals surface area contributed by atoms with Gasteiger partial charge in [-0.05, 0) is 48.6 Å². The van der Waals surface area contributed by atoms with E-state index in [4.69, 9.17) is 9.47 Å². The quantitative estimate of drug-likeness (QED) is 0.397. The first-order valence-corrected chi connectivity index (χ1v) is 10.6. The highest BCUT2D eigenvalue weighted by molar-refractivity contribution is 5.79. The molecule has 0 saturated heterocycles. The standard InChI is InChI=1S/C24H34N4O2/c1-18-7-9-21(23(14-18)30-13-12-29-4)17-27-24(25-2)26-16-19-8-10-22-20(15-19)6-5-11-28(22)3/h7-10,14-15H,5-6,11-13,16-17H2,1-4H3,(H2,25,26,27). The number of aryl methyl sites for hydroxylation is 2. The van der Waals surface area contributed by atoms with Gasteiger partial charge in [0.25, 0.3) is 0 Å². The Kier molecular flexibility index (Phi) is 7.97. The molecule has 2 aromatic carbocycles. The molecule has 0 bridgehead atoms. The van der Waals surface area contributed by atoms with Crippen molar-refractivity contribution in [1.82, 2.24) is 10.6 Å². The maximum atomic E-state index is 5.89. The van der Waals surface area contributed by atoms with E-state index in [2.05, 4.69) is 70.9 Å². The van der Waals surface area contributed by atoms with Gasteiger partial charge in [-0.1, -0.05) is 24.3 Å². The number of ether oxygens (including phenoxy) is 2. The first-order valence-electron chi connectivity index (χ1n) is 10.6. The van der Waals surface area contributed by atoms with E-state index in [0.29, 0.717) is 19.8 Å². The van der Waals surface area contributed by atoms with Crippen LogP contribution >= 0.6 is 0 Å². The molecule has 1 heterocycles. The molecule has 0 aliphatic carbocycles. The van der Waals surface area contributed by atoms with Crippen molar-refractivity contribution in [2.45, 2.75) is 32.9 Å². The molecule has 0 atom stereocenters. The second-order valence-electron chi connectivity index (χ2n) is 7.72. The number of benzene rings is 2. The summed E-state index contributed by atoms with van der Waals surface area (Å²) in [5.41, 5.74) is 6.32. The molecule has 6 nitrogen and oxygen atoms in total. The number of nitrogens with zero attached hydrogens (tertiary/aromatic N) is 2. The molecular weight excluding hydrogens is 376 g/mol. The predicted molar refractivity (Wildman–Crippen MR) is 124 cm³/mol. The molecule has 0 fully saturated rings. The Morgan fingerprint density at radius 1 is 1.10 bits per heavy atom. The van der Waals surface area contributed by atoms with Gasteiger partial charge in [0.1, 0.15) is 12.4 Å². The van der Waals surface area contributed by atoms with Gasteiger partial charge in [-0.15, -0.1) is 0 Å². The molecule has 0 saturated carbocycles. The molecule has 2 N–H and O–H groups in total. The zero-order chi connectivity index (χ0) is 21.3. The summed E-state index contributed by atoms with van der Waals surface area (Å²) in [7, 11) is 5.64. The van der Waals surface area contributed by atoms with Gasteiger partial charge in [-0.2, -0.15) is 0 Å². The van der Waals surface area contributed by atoms with Crippen molar-refractivity contribution in [3.8, 4) is 5.75 Å². The monoisotopic (exact) mass is 410 g/mol. The van der Waals surface area contributed by atoms with Crippen molar-refractivity contribution >= 4 is 11.6 Å². The van der Waals surface area contributed by atoms with Crippen LogP contribution in [0.25, 0.3) is 0 Å². The maximum absolute atomic E-state index is 5.89. The van der Waals surface area contributed by atoms with Crippen molar-refractivity contribution < 1.29 is 9.47 Å². The number of fused-ring (bicyclic) bond motifs is 1. The van der Waals surface area contributed by atoms with Gasteiger partial charge < -0.3 is 25.0 Å². The van der Waals surface area contributed by atoms with Crippen LogP contribution in [-0.4, -0.2) is 46.9 Å². The van der Waals surface area contributed by atoms with E-state index in [1.54, 1.807) is 14.2 Å². The number of methoxy groups -OCH3 is 1. The summed E-state index contributed by atoms with van der Waals surface area (Å²) < 4.78 is 11.0. The van der Waals surface area contributed by atoms with E-state index in [9.17, 15) is 0 Å².